The van der Waals surface area contributed by atoms with E-state index in [-0.39, 0.29) is 28.6 Å². The number of hydrogen-bond donors (Lipinski definition) is 4. The number of aliphatic hydroxyl groups excluding tert-OH is 2. The van der Waals surface area contributed by atoms with Gasteiger partial charge in [0.05, 0.1) is 66.1 Å². The molecule has 0 aromatic heterocycles. The van der Waals surface area contributed by atoms with Gasteiger partial charge in [-0.15, -0.1) is 38.9 Å². The molecule has 0 saturated heterocycles. The van der Waals surface area contributed by atoms with Crippen LogP contribution in [0.5, 0.6) is 0 Å². The first kappa shape index (κ1) is 103. The number of thiol groups is 2. The highest BCUT2D eigenvalue weighted by molar-refractivity contribution is 9.09. The summed E-state index contributed by atoms with van der Waals surface area (Å²) >= 11 is 13.6. The van der Waals surface area contributed by atoms with E-state index in [0.29, 0.717) is 52.9 Å². The third kappa shape index (κ3) is 136. The van der Waals surface area contributed by atoms with E-state index < -0.39 is 0 Å². The molecule has 0 aliphatic heterocycles. The van der Waals surface area contributed by atoms with E-state index >= 15 is 0 Å². The van der Waals surface area contributed by atoms with Crippen LogP contribution in [0, 0.1) is 0 Å². The van der Waals surface area contributed by atoms with Crippen LogP contribution in [-0.2, 0) is 42.8 Å². The van der Waals surface area contributed by atoms with Crippen LogP contribution in [0.4, 0.5) is 0 Å². The standard InChI is InChI=1S/C18H34O3S.C16H32O2S.C15H30O3S.C13H26O2.C6H15N.C3H5Br.C2H4OS/c1-3-13-20-15-16-21-14-11-9-7-5-4-6-8-10-12-17-22-18(2)19;1-2-12-17-14-15-18-13-10-8-6-4-3-5-7-9-11-16-19;1-15(17)19-14-10-8-6-4-2-3-5-7-9-12-18-13-11-16;1-2-3-4-5-6-7-8-9-10-12-15-13-11-14;1-4-7(5-2)6-3;1-2-3-4;1-2(3)4/h3H,1,4-17H2,2H3;2,19H,1,3-16H2;16H,2-14H2,1H3;2,14H,1,3-13H2;4-6H2,1-3H3;2H,1,3H2;1H3,(H,3,4). The molecule has 2 N–H and O–H groups in total. The van der Waals surface area contributed by atoms with Gasteiger partial charge in [-0.3, -0.25) is 14.4 Å². The summed E-state index contributed by atoms with van der Waals surface area (Å²) in [6.45, 7) is 37.7. The third-order valence-corrected chi connectivity index (χ3v) is 15.8. The summed E-state index contributed by atoms with van der Waals surface area (Å²) in [5.74, 6) is 3.02. The average Bonchev–Trinajstić information content (AvgIpc) is 3.53. The second-order valence-electron chi connectivity index (χ2n) is 21.7. The Balaban J connectivity index is -0.000000190. The fourth-order valence-electron chi connectivity index (χ4n) is 8.23. The fraction of sp³-hybridized carbons (Fsp3) is 0.849. The van der Waals surface area contributed by atoms with Crippen molar-refractivity contribution in [2.24, 2.45) is 0 Å². The zero-order valence-electron chi connectivity index (χ0n) is 59.3. The van der Waals surface area contributed by atoms with Gasteiger partial charge in [0.25, 0.3) is 0 Å². The number of alkyl halides is 1. The number of carbonyl (C=O) groups is 3. The number of nitrogens with zero attached hydrogens (tertiary/aromatic N) is 1. The molecule has 90 heavy (non-hydrogen) atoms. The van der Waals surface area contributed by atoms with E-state index in [4.69, 9.17) is 38.6 Å². The second-order valence-corrected chi connectivity index (χ2v) is 26.0. The van der Waals surface area contributed by atoms with Gasteiger partial charge >= 0.3 is 0 Å². The highest BCUT2D eigenvalue weighted by Crippen LogP contribution is 2.15. The summed E-state index contributed by atoms with van der Waals surface area (Å²) in [5, 5.41) is 18.2. The van der Waals surface area contributed by atoms with E-state index in [1.807, 2.05) is 6.08 Å². The maximum atomic E-state index is 10.7. The molecular weight excluding hydrogens is 1270 g/mol. The predicted molar refractivity (Wildman–Crippen MR) is 409 cm³/mol. The number of carbonyl (C=O) groups excluding carboxylic acids is 3. The molecule has 0 aliphatic carbocycles. The summed E-state index contributed by atoms with van der Waals surface area (Å²) in [7, 11) is 0. The predicted octanol–water partition coefficient (Wildman–Crippen LogP) is 20.1. The zero-order chi connectivity index (χ0) is 68.4. The largest absolute Gasteiger partial charge is 0.394 e. The Labute approximate surface area is 585 Å². The Morgan fingerprint density at radius 2 is 0.633 bits per heavy atom. The lowest BCUT2D eigenvalue weighted by atomic mass is 10.1. The number of halogens is 1. The Hall–Kier alpha value is -0.510. The lowest BCUT2D eigenvalue weighted by molar-refractivity contribution is -0.109. The van der Waals surface area contributed by atoms with Gasteiger partial charge < -0.3 is 43.5 Å². The lowest BCUT2D eigenvalue weighted by Crippen LogP contribution is -2.21. The number of rotatable bonds is 63. The molecule has 540 valence electrons. The summed E-state index contributed by atoms with van der Waals surface area (Å²) in [5.41, 5.74) is 0. The van der Waals surface area contributed by atoms with E-state index in [2.05, 4.69) is 93.2 Å². The summed E-state index contributed by atoms with van der Waals surface area (Å²) in [6, 6.07) is 0. The van der Waals surface area contributed by atoms with Crippen molar-refractivity contribution >= 4 is 80.1 Å². The minimum absolute atomic E-state index is 0.130. The monoisotopic (exact) mass is 1420 g/mol. The molecule has 0 atom stereocenters. The van der Waals surface area contributed by atoms with E-state index in [0.717, 1.165) is 74.7 Å². The van der Waals surface area contributed by atoms with Crippen molar-refractivity contribution in [1.82, 2.24) is 4.90 Å². The van der Waals surface area contributed by atoms with Crippen LogP contribution >= 0.6 is 64.7 Å². The van der Waals surface area contributed by atoms with Gasteiger partial charge in [-0.1, -0.05) is 251 Å². The highest BCUT2D eigenvalue weighted by atomic mass is 79.9. The van der Waals surface area contributed by atoms with Gasteiger partial charge in [0.2, 0.25) is 0 Å². The van der Waals surface area contributed by atoms with E-state index in [1.165, 1.54) is 249 Å². The van der Waals surface area contributed by atoms with Crippen LogP contribution in [-0.4, -0.2) is 165 Å². The molecule has 0 bridgehead atoms. The van der Waals surface area contributed by atoms with Crippen molar-refractivity contribution in [2.75, 3.05) is 135 Å². The molecular formula is C73H146BrNO11S4. The van der Waals surface area contributed by atoms with Crippen molar-refractivity contribution in [1.29, 1.82) is 0 Å². The van der Waals surface area contributed by atoms with Crippen molar-refractivity contribution in [3.63, 3.8) is 0 Å². The Morgan fingerprint density at radius 1 is 0.389 bits per heavy atom. The number of unbranched alkanes of at least 4 members (excludes halogenated alkanes) is 31. The number of aliphatic hydroxyl groups is 2. The van der Waals surface area contributed by atoms with Crippen molar-refractivity contribution in [3.05, 3.63) is 50.6 Å². The molecule has 17 heteroatoms. The molecule has 0 aromatic carbocycles. The molecule has 0 radical (unpaired) electrons. The Bertz CT molecular complexity index is 1330. The molecule has 0 rings (SSSR count). The smallest absolute Gasteiger partial charge is 0.185 e. The maximum Gasteiger partial charge on any atom is 0.185 e. The lowest BCUT2D eigenvalue weighted by Gasteiger charge is -2.13. The summed E-state index contributed by atoms with van der Waals surface area (Å²) in [4.78, 5) is 33.1. The normalized spacial score (nSPS) is 10.3. The quantitative estimate of drug-likeness (QED) is 0.0198. The average molecular weight is 1420 g/mol. The SMILES string of the molecule is C=CCBr.C=CCCCCCCCCCOCCO.C=CCOCCOCCCCCCCCCCCS.C=CCOCCOCCCCCCCCCCCSC(C)=O.CC(=O)S.CC(=O)SCCCCCCCCCCCOCCO.CCN(CC)CC. The topological polar surface area (TPSA) is 150 Å². The van der Waals surface area contributed by atoms with Crippen molar-refractivity contribution in [3.8, 4) is 0 Å². The number of hydrogen-bond acceptors (Lipinski definition) is 15. The van der Waals surface area contributed by atoms with Gasteiger partial charge in [0.1, 0.15) is 0 Å². The third-order valence-electron chi connectivity index (χ3n) is 13.3. The first-order valence-corrected chi connectivity index (χ1v) is 39.5. The van der Waals surface area contributed by atoms with E-state index in [1.54, 1.807) is 32.1 Å². The molecule has 0 aromatic rings. The van der Waals surface area contributed by atoms with Crippen LogP contribution in [0.1, 0.15) is 266 Å². The molecule has 0 fully saturated rings. The Morgan fingerprint density at radius 3 is 0.856 bits per heavy atom. The molecule has 0 amide bonds. The molecule has 0 heterocycles. The maximum absolute atomic E-state index is 10.7. The molecule has 0 aliphatic rings. The first-order chi connectivity index (χ1) is 43.9. The number of ether oxygens (including phenoxy) is 6. The highest BCUT2D eigenvalue weighted by Gasteiger charge is 2.00. The minimum atomic E-state index is -0.139. The number of thioether (sulfide) groups is 2. The van der Waals surface area contributed by atoms with Gasteiger partial charge in [-0.25, -0.2) is 0 Å². The van der Waals surface area contributed by atoms with Crippen molar-refractivity contribution in [2.45, 2.75) is 266 Å². The minimum Gasteiger partial charge on any atom is -0.394 e. The molecule has 0 spiro atoms. The zero-order valence-corrected chi connectivity index (χ0v) is 64.3. The van der Waals surface area contributed by atoms with Gasteiger partial charge in [0.15, 0.2) is 15.3 Å². The number of allylic oxidation sites excluding steroid dienone is 2. The molecule has 0 saturated carbocycles. The van der Waals surface area contributed by atoms with Crippen LogP contribution in [0.3, 0.4) is 0 Å². The van der Waals surface area contributed by atoms with E-state index in [9.17, 15) is 14.4 Å². The van der Waals surface area contributed by atoms with Crippen LogP contribution in [0.15, 0.2) is 50.6 Å². The van der Waals surface area contributed by atoms with Gasteiger partial charge in [-0.2, -0.15) is 12.6 Å². The van der Waals surface area contributed by atoms with Crippen LogP contribution in [0.25, 0.3) is 0 Å². The molecule has 0 unspecified atom stereocenters. The molecule has 12 nitrogen and oxygen atoms in total. The second kappa shape index (κ2) is 107. The van der Waals surface area contributed by atoms with Gasteiger partial charge in [0, 0.05) is 64.0 Å². The fourth-order valence-corrected chi connectivity index (χ4v) is 9.72. The summed E-state index contributed by atoms with van der Waals surface area (Å²) in [6.07, 6.45) is 52.4. The van der Waals surface area contributed by atoms with Crippen LogP contribution < -0.4 is 0 Å². The first-order valence-electron chi connectivity index (χ1n) is 35.3. The van der Waals surface area contributed by atoms with Crippen molar-refractivity contribution < 1.29 is 53.0 Å². The Kier molecular flexibility index (Phi) is 123. The van der Waals surface area contributed by atoms with Gasteiger partial charge in [-0.05, 0) is 83.2 Å². The van der Waals surface area contributed by atoms with Crippen LogP contribution in [0.2, 0.25) is 0 Å². The summed E-state index contributed by atoms with van der Waals surface area (Å²) < 4.78 is 31.8.